The van der Waals surface area contributed by atoms with Gasteiger partial charge in [0.25, 0.3) is 0 Å². The minimum atomic E-state index is -0.367. The second kappa shape index (κ2) is 5.52. The van der Waals surface area contributed by atoms with E-state index in [4.69, 9.17) is 0 Å². The standard InChI is InChI=1S/C15H15NO3/c1-11(17)16-10-9-13-12(5-3-7-14(13)16)6-4-8-15(18)19-2/h3-5,7-10H,6H2,1-2H3/b8-4+. The highest BCUT2D eigenvalue weighted by Crippen LogP contribution is 2.21. The fourth-order valence-corrected chi connectivity index (χ4v) is 2.03. The third kappa shape index (κ3) is 2.73. The van der Waals surface area contributed by atoms with Gasteiger partial charge < -0.3 is 4.74 Å². The molecule has 1 aromatic carbocycles. The zero-order valence-electron chi connectivity index (χ0n) is 10.9. The summed E-state index contributed by atoms with van der Waals surface area (Å²) in [6.45, 7) is 1.53. The maximum Gasteiger partial charge on any atom is 0.330 e. The lowest BCUT2D eigenvalue weighted by Crippen LogP contribution is -2.02. The van der Waals surface area contributed by atoms with Gasteiger partial charge in [-0.25, -0.2) is 4.79 Å². The van der Waals surface area contributed by atoms with Crippen LogP contribution in [0, 0.1) is 0 Å². The normalized spacial score (nSPS) is 11.1. The van der Waals surface area contributed by atoms with Crippen molar-refractivity contribution in [2.75, 3.05) is 7.11 Å². The van der Waals surface area contributed by atoms with Gasteiger partial charge in [0, 0.05) is 24.6 Å². The van der Waals surface area contributed by atoms with Gasteiger partial charge in [-0.2, -0.15) is 0 Å². The van der Waals surface area contributed by atoms with E-state index in [9.17, 15) is 9.59 Å². The summed E-state index contributed by atoms with van der Waals surface area (Å²) in [5.74, 6) is -0.384. The zero-order chi connectivity index (χ0) is 13.8. The lowest BCUT2D eigenvalue weighted by atomic mass is 10.1. The summed E-state index contributed by atoms with van der Waals surface area (Å²) in [6.07, 6.45) is 5.54. The van der Waals surface area contributed by atoms with E-state index in [0.717, 1.165) is 16.5 Å². The molecule has 0 aliphatic rings. The Hall–Kier alpha value is -2.36. The Bertz CT molecular complexity index is 652. The van der Waals surface area contributed by atoms with Crippen LogP contribution in [0.1, 0.15) is 17.3 Å². The molecule has 98 valence electrons. The first-order valence-corrected chi connectivity index (χ1v) is 5.98. The Morgan fingerprint density at radius 3 is 2.79 bits per heavy atom. The Balaban J connectivity index is 2.32. The molecule has 0 aliphatic heterocycles. The van der Waals surface area contributed by atoms with E-state index in [1.165, 1.54) is 20.1 Å². The second-order valence-corrected chi connectivity index (χ2v) is 4.18. The van der Waals surface area contributed by atoms with Gasteiger partial charge in [0.15, 0.2) is 0 Å². The van der Waals surface area contributed by atoms with Crippen molar-refractivity contribution in [3.05, 3.63) is 48.2 Å². The van der Waals surface area contributed by atoms with Gasteiger partial charge in [-0.1, -0.05) is 18.2 Å². The first kappa shape index (κ1) is 13.1. The molecule has 0 unspecified atom stereocenters. The number of nitrogens with zero attached hydrogens (tertiary/aromatic N) is 1. The molecule has 0 atom stereocenters. The molecule has 4 nitrogen and oxygen atoms in total. The average Bonchev–Trinajstić information content (AvgIpc) is 2.83. The topological polar surface area (TPSA) is 48.3 Å². The number of esters is 1. The van der Waals surface area contributed by atoms with Crippen molar-refractivity contribution in [3.8, 4) is 0 Å². The van der Waals surface area contributed by atoms with Crippen LogP contribution in [0.25, 0.3) is 10.9 Å². The Morgan fingerprint density at radius 1 is 1.32 bits per heavy atom. The summed E-state index contributed by atoms with van der Waals surface area (Å²) >= 11 is 0. The number of carbonyl (C=O) groups excluding carboxylic acids is 2. The lowest BCUT2D eigenvalue weighted by Gasteiger charge is -2.02. The van der Waals surface area contributed by atoms with Crippen LogP contribution in [-0.2, 0) is 16.0 Å². The number of fused-ring (bicyclic) bond motifs is 1. The number of hydrogen-bond acceptors (Lipinski definition) is 3. The molecule has 0 spiro atoms. The maximum atomic E-state index is 11.5. The van der Waals surface area contributed by atoms with E-state index >= 15 is 0 Å². The number of benzene rings is 1. The first-order chi connectivity index (χ1) is 9.13. The molecule has 2 aromatic rings. The third-order valence-corrected chi connectivity index (χ3v) is 2.96. The highest BCUT2D eigenvalue weighted by Gasteiger charge is 2.06. The summed E-state index contributed by atoms with van der Waals surface area (Å²) < 4.78 is 6.15. The third-order valence-electron chi connectivity index (χ3n) is 2.96. The van der Waals surface area contributed by atoms with Crippen LogP contribution in [0.2, 0.25) is 0 Å². The summed E-state index contributed by atoms with van der Waals surface area (Å²) in [5.41, 5.74) is 1.95. The molecule has 2 rings (SSSR count). The summed E-state index contributed by atoms with van der Waals surface area (Å²) in [6, 6.07) is 7.71. The van der Waals surface area contributed by atoms with Crippen LogP contribution in [0.5, 0.6) is 0 Å². The van der Waals surface area contributed by atoms with Crippen molar-refractivity contribution in [2.45, 2.75) is 13.3 Å². The van der Waals surface area contributed by atoms with Gasteiger partial charge in [0.05, 0.1) is 12.6 Å². The Labute approximate surface area is 111 Å². The van der Waals surface area contributed by atoms with E-state index in [0.29, 0.717) is 6.42 Å². The quantitative estimate of drug-likeness (QED) is 0.627. The monoisotopic (exact) mass is 257 g/mol. The van der Waals surface area contributed by atoms with Crippen molar-refractivity contribution >= 4 is 22.8 Å². The number of hydrogen-bond donors (Lipinski definition) is 0. The van der Waals surface area contributed by atoms with E-state index in [2.05, 4.69) is 4.74 Å². The number of aromatic nitrogens is 1. The average molecular weight is 257 g/mol. The van der Waals surface area contributed by atoms with Gasteiger partial charge in [0.1, 0.15) is 0 Å². The van der Waals surface area contributed by atoms with Crippen molar-refractivity contribution in [3.63, 3.8) is 0 Å². The molecule has 0 aliphatic carbocycles. The van der Waals surface area contributed by atoms with Gasteiger partial charge in [-0.05, 0) is 24.1 Å². The lowest BCUT2D eigenvalue weighted by molar-refractivity contribution is -0.134. The molecule has 0 saturated carbocycles. The Kier molecular flexibility index (Phi) is 3.80. The van der Waals surface area contributed by atoms with E-state index < -0.39 is 0 Å². The van der Waals surface area contributed by atoms with Crippen molar-refractivity contribution in [1.82, 2.24) is 4.57 Å². The summed E-state index contributed by atoms with van der Waals surface area (Å²) in [7, 11) is 1.35. The molecule has 1 aromatic heterocycles. The molecule has 4 heteroatoms. The number of ether oxygens (including phenoxy) is 1. The SMILES string of the molecule is COC(=O)/C=C/Cc1cccc2c1ccn2C(C)=O. The number of carbonyl (C=O) groups is 2. The molecule has 19 heavy (non-hydrogen) atoms. The highest BCUT2D eigenvalue weighted by molar-refractivity contribution is 5.93. The fourth-order valence-electron chi connectivity index (χ4n) is 2.03. The predicted octanol–water partition coefficient (Wildman–Crippen LogP) is 2.57. The molecule has 0 radical (unpaired) electrons. The Morgan fingerprint density at radius 2 is 2.11 bits per heavy atom. The number of rotatable bonds is 3. The molecule has 0 amide bonds. The molecule has 1 heterocycles. The minimum Gasteiger partial charge on any atom is -0.466 e. The molecule has 0 bridgehead atoms. The molecule has 0 N–H and O–H groups in total. The zero-order valence-corrected chi connectivity index (χ0v) is 10.9. The van der Waals surface area contributed by atoms with Crippen molar-refractivity contribution < 1.29 is 14.3 Å². The van der Waals surface area contributed by atoms with Gasteiger partial charge >= 0.3 is 5.97 Å². The smallest absolute Gasteiger partial charge is 0.330 e. The molecule has 0 fully saturated rings. The second-order valence-electron chi connectivity index (χ2n) is 4.18. The maximum absolute atomic E-state index is 11.5. The van der Waals surface area contributed by atoms with E-state index in [1.807, 2.05) is 24.3 Å². The van der Waals surface area contributed by atoms with Crippen LogP contribution in [-0.4, -0.2) is 23.6 Å². The molecular weight excluding hydrogens is 242 g/mol. The minimum absolute atomic E-state index is 0.0164. The van der Waals surface area contributed by atoms with Crippen molar-refractivity contribution in [2.24, 2.45) is 0 Å². The fraction of sp³-hybridized carbons (Fsp3) is 0.200. The summed E-state index contributed by atoms with van der Waals surface area (Å²) in [4.78, 5) is 22.5. The van der Waals surface area contributed by atoms with Crippen LogP contribution >= 0.6 is 0 Å². The predicted molar refractivity (Wildman–Crippen MR) is 73.1 cm³/mol. The van der Waals surface area contributed by atoms with E-state index in [1.54, 1.807) is 16.8 Å². The van der Waals surface area contributed by atoms with Gasteiger partial charge in [-0.3, -0.25) is 9.36 Å². The summed E-state index contributed by atoms with van der Waals surface area (Å²) in [5, 5.41) is 1.02. The first-order valence-electron chi connectivity index (χ1n) is 5.98. The highest BCUT2D eigenvalue weighted by atomic mass is 16.5. The number of methoxy groups -OCH3 is 1. The molecular formula is C15H15NO3. The van der Waals surface area contributed by atoms with Crippen molar-refractivity contribution in [1.29, 1.82) is 0 Å². The van der Waals surface area contributed by atoms with Gasteiger partial charge in [-0.15, -0.1) is 0 Å². The van der Waals surface area contributed by atoms with Gasteiger partial charge in [0.2, 0.25) is 5.91 Å². The van der Waals surface area contributed by atoms with E-state index in [-0.39, 0.29) is 11.9 Å². The van der Waals surface area contributed by atoms with Crippen LogP contribution < -0.4 is 0 Å². The van der Waals surface area contributed by atoms with Crippen LogP contribution in [0.15, 0.2) is 42.6 Å². The van der Waals surface area contributed by atoms with Crippen LogP contribution in [0.4, 0.5) is 0 Å². The largest absolute Gasteiger partial charge is 0.466 e. The van der Waals surface area contributed by atoms with Crippen LogP contribution in [0.3, 0.4) is 0 Å². The number of allylic oxidation sites excluding steroid dienone is 1. The molecule has 0 saturated heterocycles.